The van der Waals surface area contributed by atoms with Crippen molar-refractivity contribution in [1.29, 1.82) is 5.26 Å². The molecule has 0 aliphatic carbocycles. The van der Waals surface area contributed by atoms with Crippen molar-refractivity contribution in [2.75, 3.05) is 11.1 Å². The lowest BCUT2D eigenvalue weighted by molar-refractivity contribution is -0.113. The number of thiophene rings is 1. The standard InChI is InChI=1S/C22H23N3OS2/c1-3-4-12-28-22-17(14-23)20(18-11-8-13-27-18)19(15(2)24-22)21(26)25-16-9-6-5-7-10-16/h5-11,13,17,20H,3-4,12H2,1-2H3,(H,25,26)/t17?,20-/m0/s1. The molecule has 0 saturated carbocycles. The normalized spacial score (nSPS) is 19.1. The third-order valence-corrected chi connectivity index (χ3v) is 6.68. The first-order chi connectivity index (χ1) is 13.7. The van der Waals surface area contributed by atoms with E-state index in [0.717, 1.165) is 34.2 Å². The van der Waals surface area contributed by atoms with E-state index in [0.29, 0.717) is 11.3 Å². The second kappa shape index (κ2) is 9.72. The second-order valence-corrected chi connectivity index (χ2v) is 8.67. The van der Waals surface area contributed by atoms with Crippen LogP contribution in [-0.2, 0) is 4.79 Å². The highest BCUT2D eigenvalue weighted by Gasteiger charge is 2.39. The van der Waals surface area contributed by atoms with Crippen molar-refractivity contribution in [3.63, 3.8) is 0 Å². The van der Waals surface area contributed by atoms with Gasteiger partial charge in [0, 0.05) is 27.8 Å². The average Bonchev–Trinajstić information content (AvgIpc) is 3.23. The number of carbonyl (C=O) groups excluding carboxylic acids is 1. The maximum absolute atomic E-state index is 13.2. The fourth-order valence-corrected chi connectivity index (χ4v) is 5.29. The molecule has 1 aliphatic heterocycles. The Morgan fingerprint density at radius 1 is 1.29 bits per heavy atom. The lowest BCUT2D eigenvalue weighted by Crippen LogP contribution is -2.31. The Balaban J connectivity index is 1.98. The van der Waals surface area contributed by atoms with E-state index < -0.39 is 5.92 Å². The first-order valence-corrected chi connectivity index (χ1v) is 11.2. The van der Waals surface area contributed by atoms with Gasteiger partial charge in [0.2, 0.25) is 0 Å². The molecule has 1 N–H and O–H groups in total. The second-order valence-electron chi connectivity index (χ2n) is 6.57. The van der Waals surface area contributed by atoms with Crippen molar-refractivity contribution in [1.82, 2.24) is 0 Å². The van der Waals surface area contributed by atoms with Crippen LogP contribution in [0.3, 0.4) is 0 Å². The van der Waals surface area contributed by atoms with Gasteiger partial charge in [0.15, 0.2) is 0 Å². The number of hydrogen-bond acceptors (Lipinski definition) is 5. The van der Waals surface area contributed by atoms with Crippen molar-refractivity contribution in [3.8, 4) is 6.07 Å². The highest BCUT2D eigenvalue weighted by molar-refractivity contribution is 8.14. The van der Waals surface area contributed by atoms with Crippen LogP contribution in [0.2, 0.25) is 0 Å². The SMILES string of the molecule is CCCCSC1=NC(C)=C(C(=O)Nc2ccccc2)[C@H](c2cccs2)C1C#N. The Bertz CT molecular complexity index is 911. The fraction of sp³-hybridized carbons (Fsp3) is 0.318. The van der Waals surface area contributed by atoms with Crippen LogP contribution < -0.4 is 5.32 Å². The van der Waals surface area contributed by atoms with Gasteiger partial charge in [-0.25, -0.2) is 4.99 Å². The number of carbonyl (C=O) groups is 1. The van der Waals surface area contributed by atoms with E-state index in [2.05, 4.69) is 18.3 Å². The molecule has 0 spiro atoms. The number of para-hydroxylation sites is 1. The topological polar surface area (TPSA) is 65.2 Å². The minimum Gasteiger partial charge on any atom is -0.322 e. The smallest absolute Gasteiger partial charge is 0.254 e. The number of aliphatic imine (C=N–C) groups is 1. The van der Waals surface area contributed by atoms with Gasteiger partial charge >= 0.3 is 0 Å². The van der Waals surface area contributed by atoms with Crippen LogP contribution in [0.5, 0.6) is 0 Å². The van der Waals surface area contributed by atoms with Crippen molar-refractivity contribution in [2.24, 2.45) is 10.9 Å². The molecule has 3 rings (SSSR count). The summed E-state index contributed by atoms with van der Waals surface area (Å²) in [6.45, 7) is 4.02. The van der Waals surface area contributed by atoms with Gasteiger partial charge in [-0.05, 0) is 42.7 Å². The summed E-state index contributed by atoms with van der Waals surface area (Å²) in [5, 5.41) is 15.7. The number of allylic oxidation sites excluding steroid dienone is 1. The van der Waals surface area contributed by atoms with Gasteiger partial charge in [-0.2, -0.15) is 5.26 Å². The van der Waals surface area contributed by atoms with E-state index in [9.17, 15) is 10.1 Å². The van der Waals surface area contributed by atoms with Gasteiger partial charge in [0.05, 0.1) is 11.1 Å². The summed E-state index contributed by atoms with van der Waals surface area (Å²) in [6.07, 6.45) is 2.18. The molecule has 1 unspecified atom stereocenters. The molecule has 0 radical (unpaired) electrons. The van der Waals surface area contributed by atoms with E-state index in [4.69, 9.17) is 4.99 Å². The number of anilines is 1. The zero-order chi connectivity index (χ0) is 19.9. The molecule has 1 aromatic carbocycles. The largest absolute Gasteiger partial charge is 0.322 e. The van der Waals surface area contributed by atoms with Crippen LogP contribution in [0.15, 0.2) is 64.1 Å². The molecule has 2 atom stereocenters. The Kier molecular flexibility index (Phi) is 7.07. The summed E-state index contributed by atoms with van der Waals surface area (Å²) < 4.78 is 0. The molecule has 2 heterocycles. The van der Waals surface area contributed by atoms with Crippen LogP contribution in [-0.4, -0.2) is 16.7 Å². The Hall–Kier alpha value is -2.36. The predicted octanol–water partition coefficient (Wildman–Crippen LogP) is 5.83. The summed E-state index contributed by atoms with van der Waals surface area (Å²) >= 11 is 3.22. The molecule has 0 bridgehead atoms. The molecule has 0 saturated heterocycles. The molecule has 1 amide bonds. The van der Waals surface area contributed by atoms with Crippen LogP contribution in [0, 0.1) is 17.2 Å². The third-order valence-electron chi connectivity index (χ3n) is 4.59. The average molecular weight is 410 g/mol. The van der Waals surface area contributed by atoms with Crippen LogP contribution >= 0.6 is 23.1 Å². The van der Waals surface area contributed by atoms with Crippen molar-refractivity contribution >= 4 is 39.7 Å². The Morgan fingerprint density at radius 3 is 2.71 bits per heavy atom. The molecule has 1 aliphatic rings. The highest BCUT2D eigenvalue weighted by atomic mass is 32.2. The number of nitrogens with one attached hydrogen (secondary N) is 1. The number of amides is 1. The molecule has 144 valence electrons. The number of nitriles is 1. The maximum Gasteiger partial charge on any atom is 0.254 e. The summed E-state index contributed by atoms with van der Waals surface area (Å²) in [6, 6.07) is 15.8. The molecule has 2 aromatic rings. The number of thioether (sulfide) groups is 1. The minimum atomic E-state index is -0.444. The number of rotatable bonds is 6. The van der Waals surface area contributed by atoms with Gasteiger partial charge in [-0.15, -0.1) is 23.1 Å². The molecule has 28 heavy (non-hydrogen) atoms. The first-order valence-electron chi connectivity index (χ1n) is 9.37. The lowest BCUT2D eigenvalue weighted by Gasteiger charge is -2.29. The van der Waals surface area contributed by atoms with E-state index in [1.54, 1.807) is 23.1 Å². The Labute approximate surface area is 174 Å². The quantitative estimate of drug-likeness (QED) is 0.611. The van der Waals surface area contributed by atoms with Gasteiger partial charge in [-0.1, -0.05) is 37.6 Å². The fourth-order valence-electron chi connectivity index (χ4n) is 3.20. The van der Waals surface area contributed by atoms with Gasteiger partial charge in [0.1, 0.15) is 5.92 Å². The molecule has 1 aromatic heterocycles. The van der Waals surface area contributed by atoms with E-state index in [1.807, 2.05) is 54.8 Å². The number of benzene rings is 1. The van der Waals surface area contributed by atoms with E-state index >= 15 is 0 Å². The number of unbranched alkanes of at least 4 members (excludes halogenated alkanes) is 1. The number of hydrogen-bond donors (Lipinski definition) is 1. The van der Waals surface area contributed by atoms with Crippen LogP contribution in [0.1, 0.15) is 37.5 Å². The first kappa shape index (κ1) is 20.4. The third kappa shape index (κ3) is 4.54. The molecule has 4 nitrogen and oxygen atoms in total. The van der Waals surface area contributed by atoms with E-state index in [1.165, 1.54) is 0 Å². The molecule has 6 heteroatoms. The monoisotopic (exact) mass is 409 g/mol. The van der Waals surface area contributed by atoms with Gasteiger partial charge < -0.3 is 5.32 Å². The Morgan fingerprint density at radius 2 is 2.07 bits per heavy atom. The maximum atomic E-state index is 13.2. The minimum absolute atomic E-state index is 0.191. The molecule has 0 fully saturated rings. The molecular weight excluding hydrogens is 386 g/mol. The van der Waals surface area contributed by atoms with Crippen LogP contribution in [0.4, 0.5) is 5.69 Å². The van der Waals surface area contributed by atoms with Crippen LogP contribution in [0.25, 0.3) is 0 Å². The summed E-state index contributed by atoms with van der Waals surface area (Å²) in [7, 11) is 0. The summed E-state index contributed by atoms with van der Waals surface area (Å²) in [5.41, 5.74) is 2.01. The van der Waals surface area contributed by atoms with Crippen molar-refractivity contribution in [2.45, 2.75) is 32.6 Å². The van der Waals surface area contributed by atoms with E-state index in [-0.39, 0.29) is 11.8 Å². The summed E-state index contributed by atoms with van der Waals surface area (Å²) in [4.78, 5) is 18.9. The predicted molar refractivity (Wildman–Crippen MR) is 119 cm³/mol. The lowest BCUT2D eigenvalue weighted by atomic mass is 9.82. The zero-order valence-electron chi connectivity index (χ0n) is 16.0. The summed E-state index contributed by atoms with van der Waals surface area (Å²) in [5.74, 6) is 0.00326. The van der Waals surface area contributed by atoms with Gasteiger partial charge in [-0.3, -0.25) is 4.79 Å². The number of nitrogens with zero attached hydrogens (tertiary/aromatic N) is 2. The van der Waals surface area contributed by atoms with Crippen molar-refractivity contribution < 1.29 is 4.79 Å². The highest BCUT2D eigenvalue weighted by Crippen LogP contribution is 2.43. The van der Waals surface area contributed by atoms with Gasteiger partial charge in [0.25, 0.3) is 5.91 Å². The van der Waals surface area contributed by atoms with Crippen molar-refractivity contribution in [3.05, 3.63) is 64.0 Å². The zero-order valence-corrected chi connectivity index (χ0v) is 17.6. The molecular formula is C22H23N3OS2.